The summed E-state index contributed by atoms with van der Waals surface area (Å²) in [6.45, 7) is 11.9. The van der Waals surface area contributed by atoms with Gasteiger partial charge in [-0.15, -0.1) is 13.2 Å². The van der Waals surface area contributed by atoms with Crippen molar-refractivity contribution in [3.05, 3.63) is 187 Å². The molecule has 0 radical (unpaired) electrons. The summed E-state index contributed by atoms with van der Waals surface area (Å²) in [6.07, 6.45) is 17.0. The summed E-state index contributed by atoms with van der Waals surface area (Å²) in [5.41, 5.74) is 3.27. The van der Waals surface area contributed by atoms with Gasteiger partial charge in [0.15, 0.2) is 0 Å². The first-order valence-corrected chi connectivity index (χ1v) is 28.0. The number of unbranched alkanes of at least 4 members (excludes halogenated alkanes) is 11. The van der Waals surface area contributed by atoms with Crippen LogP contribution in [0.4, 0.5) is 0 Å². The van der Waals surface area contributed by atoms with Crippen molar-refractivity contribution in [3.8, 4) is 45.9 Å². The van der Waals surface area contributed by atoms with E-state index in [0.717, 1.165) is 147 Å². The number of hydrogen-bond acceptors (Lipinski definition) is 12. The van der Waals surface area contributed by atoms with Gasteiger partial charge in [0.25, 0.3) is 0 Å². The monoisotopic (exact) mass is 1080 g/mol. The van der Waals surface area contributed by atoms with Crippen molar-refractivity contribution in [2.24, 2.45) is 0 Å². The van der Waals surface area contributed by atoms with Crippen LogP contribution in [0.5, 0.6) is 28.7 Å². The highest BCUT2D eigenvalue weighted by Gasteiger charge is 2.21. The van der Waals surface area contributed by atoms with E-state index >= 15 is 0 Å². The Hall–Kier alpha value is -8.24. The molecule has 0 unspecified atom stereocenters. The molecule has 0 aromatic heterocycles. The number of nitrogens with zero attached hydrogens (tertiary/aromatic N) is 1. The van der Waals surface area contributed by atoms with Crippen molar-refractivity contribution in [2.75, 3.05) is 52.9 Å². The number of rotatable bonds is 36. The lowest BCUT2D eigenvalue weighted by molar-refractivity contribution is 0.0490. The van der Waals surface area contributed by atoms with Crippen LogP contribution in [-0.4, -0.2) is 70.8 Å². The second-order valence-corrected chi connectivity index (χ2v) is 19.5. The van der Waals surface area contributed by atoms with Crippen LogP contribution in [0.2, 0.25) is 0 Å². The highest BCUT2D eigenvalue weighted by molar-refractivity contribution is 6.00. The molecule has 0 bridgehead atoms. The molecule has 0 aliphatic heterocycles. The van der Waals surface area contributed by atoms with E-state index in [-0.39, 0.29) is 29.2 Å². The van der Waals surface area contributed by atoms with Gasteiger partial charge in [-0.3, -0.25) is 0 Å². The first kappa shape index (κ1) is 59.4. The molecule has 416 valence electrons. The second-order valence-electron chi connectivity index (χ2n) is 19.5. The summed E-state index contributed by atoms with van der Waals surface area (Å²) in [4.78, 5) is 41.2. The third kappa shape index (κ3) is 19.6. The lowest BCUT2D eigenvalue weighted by Gasteiger charge is -2.13. The van der Waals surface area contributed by atoms with Gasteiger partial charge in [0, 0.05) is 13.2 Å². The predicted octanol–water partition coefficient (Wildman–Crippen LogP) is 15.8. The van der Waals surface area contributed by atoms with Gasteiger partial charge in [0.05, 0.1) is 62.4 Å². The van der Waals surface area contributed by atoms with E-state index in [1.54, 1.807) is 36.4 Å². The number of fused-ring (bicyclic) bond motifs is 2. The van der Waals surface area contributed by atoms with Crippen molar-refractivity contribution >= 4 is 39.5 Å². The van der Waals surface area contributed by atoms with Crippen LogP contribution in [-0.2, 0) is 14.2 Å². The van der Waals surface area contributed by atoms with E-state index in [1.165, 1.54) is 18.2 Å². The third-order valence-electron chi connectivity index (χ3n) is 13.3. The molecule has 0 heterocycles. The van der Waals surface area contributed by atoms with Gasteiger partial charge in [-0.25, -0.2) is 14.4 Å². The molecular weight excluding hydrogens is 1010 g/mol. The van der Waals surface area contributed by atoms with Gasteiger partial charge in [0.2, 0.25) is 0 Å². The standard InChI is InChI=1S/C68H73NO11/c1-3-37-73-39-13-9-11-16-42-76-61-33-29-54-45-58(25-23-56(54)47-61)66(70)79-63-35-36-65(80-67(71)59-26-24-57-48-62(34-30-55(57)46-59)77-43-17-12-10-14-40-74-38-4-2)64(49-63)68(72)78-44-18-8-6-5-7-15-41-75-60-31-27-53(28-32-60)52-21-19-51(50-69)20-22-52/h3-4,19-36,45-49H,1-2,5-18,37-44H2. The number of benzene rings is 7. The van der Waals surface area contributed by atoms with Gasteiger partial charge in [-0.2, -0.15) is 5.26 Å². The number of hydrogen-bond donors (Lipinski definition) is 0. The largest absolute Gasteiger partial charge is 0.494 e. The summed E-state index contributed by atoms with van der Waals surface area (Å²) < 4.78 is 46.4. The van der Waals surface area contributed by atoms with Crippen molar-refractivity contribution < 1.29 is 52.3 Å². The zero-order valence-electron chi connectivity index (χ0n) is 45.8. The maximum absolute atomic E-state index is 13.8. The van der Waals surface area contributed by atoms with Crippen LogP contribution in [0.15, 0.2) is 165 Å². The van der Waals surface area contributed by atoms with Crippen LogP contribution in [0.3, 0.4) is 0 Å². The summed E-state index contributed by atoms with van der Waals surface area (Å²) in [7, 11) is 0. The molecule has 0 aliphatic carbocycles. The van der Waals surface area contributed by atoms with Crippen LogP contribution < -0.4 is 23.7 Å². The Morgan fingerprint density at radius 1 is 0.400 bits per heavy atom. The maximum atomic E-state index is 13.8. The van der Waals surface area contributed by atoms with Crippen molar-refractivity contribution in [1.82, 2.24) is 0 Å². The van der Waals surface area contributed by atoms with Gasteiger partial charge >= 0.3 is 17.9 Å². The molecule has 0 fully saturated rings. The summed E-state index contributed by atoms with van der Waals surface area (Å²) in [5.74, 6) is 0.340. The van der Waals surface area contributed by atoms with Crippen LogP contribution in [0, 0.1) is 11.3 Å². The predicted molar refractivity (Wildman–Crippen MR) is 314 cm³/mol. The first-order valence-electron chi connectivity index (χ1n) is 28.0. The molecule has 7 aromatic carbocycles. The van der Waals surface area contributed by atoms with Crippen LogP contribution >= 0.6 is 0 Å². The maximum Gasteiger partial charge on any atom is 0.343 e. The molecule has 0 aliphatic rings. The van der Waals surface area contributed by atoms with Crippen LogP contribution in [0.1, 0.15) is 127 Å². The summed E-state index contributed by atoms with van der Waals surface area (Å²) in [5, 5.41) is 12.5. The third-order valence-corrected chi connectivity index (χ3v) is 13.3. The molecule has 0 atom stereocenters. The molecule has 0 saturated carbocycles. The second kappa shape index (κ2) is 33.3. The zero-order chi connectivity index (χ0) is 56.0. The molecule has 0 amide bonds. The topological polar surface area (TPSA) is 149 Å². The molecular formula is C68H73NO11. The van der Waals surface area contributed by atoms with Gasteiger partial charge in [-0.05, 0) is 175 Å². The minimum atomic E-state index is -0.714. The van der Waals surface area contributed by atoms with Gasteiger partial charge in [0.1, 0.15) is 34.3 Å². The van der Waals surface area contributed by atoms with E-state index in [2.05, 4.69) is 19.2 Å². The SMILES string of the molecule is C=CCOCCCCCCOc1ccc2cc(C(=O)Oc3ccc(OC(=O)c4ccc5cc(OCCCCCCOCC=C)ccc5c4)c(C(=O)OCCCCCCCCOc4ccc(-c5ccc(C#N)cc5)cc4)c3)ccc2c1. The summed E-state index contributed by atoms with van der Waals surface area (Å²) in [6, 6.07) is 43.9. The molecule has 12 nitrogen and oxygen atoms in total. The molecule has 0 saturated heterocycles. The molecule has 12 heteroatoms. The summed E-state index contributed by atoms with van der Waals surface area (Å²) >= 11 is 0. The number of ether oxygens (including phenoxy) is 8. The fraction of sp³-hybridized carbons (Fsp3) is 0.324. The quantitative estimate of drug-likeness (QED) is 0.0159. The molecule has 7 aromatic rings. The number of carbonyl (C=O) groups excluding carboxylic acids is 3. The Bertz CT molecular complexity index is 3140. The average molecular weight is 1080 g/mol. The number of nitriles is 1. The first-order chi connectivity index (χ1) is 39.3. The Kier molecular flexibility index (Phi) is 24.7. The molecule has 0 N–H and O–H groups in total. The highest BCUT2D eigenvalue weighted by Crippen LogP contribution is 2.30. The van der Waals surface area contributed by atoms with Gasteiger partial charge in [-0.1, -0.05) is 99.2 Å². The lowest BCUT2D eigenvalue weighted by atomic mass is 10.0. The smallest absolute Gasteiger partial charge is 0.343 e. The number of carbonyl (C=O) groups is 3. The van der Waals surface area contributed by atoms with E-state index in [0.29, 0.717) is 50.6 Å². The van der Waals surface area contributed by atoms with E-state index in [1.807, 2.05) is 97.1 Å². The Morgan fingerprint density at radius 3 is 1.32 bits per heavy atom. The molecule has 7 rings (SSSR count). The van der Waals surface area contributed by atoms with Gasteiger partial charge < -0.3 is 37.9 Å². The Morgan fingerprint density at radius 2 is 0.812 bits per heavy atom. The van der Waals surface area contributed by atoms with Crippen molar-refractivity contribution in [2.45, 2.75) is 89.9 Å². The normalized spacial score (nSPS) is 10.9. The van der Waals surface area contributed by atoms with E-state index in [4.69, 9.17) is 43.2 Å². The minimum Gasteiger partial charge on any atom is -0.494 e. The molecule has 0 spiro atoms. The van der Waals surface area contributed by atoms with Crippen molar-refractivity contribution in [3.63, 3.8) is 0 Å². The van der Waals surface area contributed by atoms with E-state index in [9.17, 15) is 14.4 Å². The van der Waals surface area contributed by atoms with Crippen LogP contribution in [0.25, 0.3) is 32.7 Å². The number of esters is 3. The average Bonchev–Trinajstić information content (AvgIpc) is 3.49. The van der Waals surface area contributed by atoms with Crippen molar-refractivity contribution in [1.29, 1.82) is 5.26 Å². The fourth-order valence-electron chi connectivity index (χ4n) is 8.88. The zero-order valence-corrected chi connectivity index (χ0v) is 45.8. The minimum absolute atomic E-state index is 0.0324. The van der Waals surface area contributed by atoms with E-state index < -0.39 is 17.9 Å². The lowest BCUT2D eigenvalue weighted by Crippen LogP contribution is -2.14. The Balaban J connectivity index is 0.911. The highest BCUT2D eigenvalue weighted by atomic mass is 16.6. The molecule has 80 heavy (non-hydrogen) atoms. The Labute approximate surface area is 470 Å². The fourth-order valence-corrected chi connectivity index (χ4v) is 8.88.